The maximum Gasteiger partial charge on any atom is 0.264 e. The molecule has 9 heteroatoms. The first-order chi connectivity index (χ1) is 18.2. The molecule has 0 heterocycles. The molecule has 3 aromatic carbocycles. The predicted octanol–water partition coefficient (Wildman–Crippen LogP) is 4.94. The Bertz CT molecular complexity index is 1310. The zero-order valence-corrected chi connectivity index (χ0v) is 24.3. The average Bonchev–Trinajstić information content (AvgIpc) is 2.91. The summed E-state index contributed by atoms with van der Waals surface area (Å²) in [6.07, 6.45) is 0.931. The van der Waals surface area contributed by atoms with Gasteiger partial charge in [-0.15, -0.1) is 0 Å². The molecule has 0 aliphatic heterocycles. The number of amides is 2. The summed E-state index contributed by atoms with van der Waals surface area (Å²) in [5.74, 6) is -0.703. The van der Waals surface area contributed by atoms with Crippen molar-refractivity contribution in [2.24, 2.45) is 0 Å². The molecule has 0 radical (unpaired) electrons. The fourth-order valence-electron chi connectivity index (χ4n) is 4.16. The van der Waals surface area contributed by atoms with Gasteiger partial charge in [-0.2, -0.15) is 0 Å². The summed E-state index contributed by atoms with van der Waals surface area (Å²) < 4.78 is 29.5. The molecule has 0 aromatic heterocycles. The van der Waals surface area contributed by atoms with Crippen molar-refractivity contribution in [3.63, 3.8) is 0 Å². The van der Waals surface area contributed by atoms with Gasteiger partial charge in [0.2, 0.25) is 11.8 Å². The Kier molecular flexibility index (Phi) is 10.5. The zero-order chi connectivity index (χ0) is 27.7. The lowest BCUT2D eigenvalue weighted by Gasteiger charge is -2.33. The van der Waals surface area contributed by atoms with Crippen LogP contribution in [0.1, 0.15) is 31.4 Å². The Labute approximate surface area is 234 Å². The lowest BCUT2D eigenvalue weighted by molar-refractivity contribution is -0.139. The largest absolute Gasteiger partial charge is 0.355 e. The number of carbonyl (C=O) groups is 2. The fraction of sp³-hybridized carbons (Fsp3) is 0.310. The van der Waals surface area contributed by atoms with Crippen molar-refractivity contribution in [2.75, 3.05) is 23.9 Å². The van der Waals surface area contributed by atoms with Crippen LogP contribution in [0.3, 0.4) is 0 Å². The molecule has 1 atom stereocenters. The third-order valence-corrected chi connectivity index (χ3v) is 8.54. The van der Waals surface area contributed by atoms with Gasteiger partial charge < -0.3 is 10.2 Å². The number of carbonyl (C=O) groups excluding carboxylic acids is 2. The van der Waals surface area contributed by atoms with Gasteiger partial charge in [0.05, 0.1) is 10.6 Å². The van der Waals surface area contributed by atoms with Crippen LogP contribution in [0.2, 0.25) is 0 Å². The summed E-state index contributed by atoms with van der Waals surface area (Å²) in [4.78, 5) is 28.4. The minimum absolute atomic E-state index is 0.0884. The third-order valence-electron chi connectivity index (χ3n) is 6.22. The quantitative estimate of drug-likeness (QED) is 0.319. The lowest BCUT2D eigenvalue weighted by atomic mass is 10.1. The Morgan fingerprint density at radius 2 is 1.55 bits per heavy atom. The highest BCUT2D eigenvalue weighted by Gasteiger charge is 2.33. The van der Waals surface area contributed by atoms with E-state index < -0.39 is 28.5 Å². The van der Waals surface area contributed by atoms with Crippen LogP contribution in [0.5, 0.6) is 0 Å². The molecule has 0 aliphatic rings. The molecule has 0 fully saturated rings. The molecule has 0 aliphatic carbocycles. The van der Waals surface area contributed by atoms with Crippen molar-refractivity contribution in [1.82, 2.24) is 10.2 Å². The van der Waals surface area contributed by atoms with Gasteiger partial charge in [0.25, 0.3) is 10.0 Å². The van der Waals surface area contributed by atoms with E-state index in [4.69, 9.17) is 0 Å². The first-order valence-electron chi connectivity index (χ1n) is 12.6. The number of halogens is 1. The Morgan fingerprint density at radius 3 is 2.13 bits per heavy atom. The van der Waals surface area contributed by atoms with Crippen molar-refractivity contribution in [2.45, 2.75) is 44.6 Å². The van der Waals surface area contributed by atoms with Gasteiger partial charge in [0.1, 0.15) is 12.6 Å². The summed E-state index contributed by atoms with van der Waals surface area (Å²) in [7, 11) is -4.07. The van der Waals surface area contributed by atoms with Gasteiger partial charge in [-0.05, 0) is 68.7 Å². The van der Waals surface area contributed by atoms with Crippen LogP contribution in [0, 0.1) is 6.92 Å². The lowest BCUT2D eigenvalue weighted by Crippen LogP contribution is -2.53. The van der Waals surface area contributed by atoms with Gasteiger partial charge in [-0.1, -0.05) is 70.9 Å². The van der Waals surface area contributed by atoms with Crippen LogP contribution in [0.25, 0.3) is 0 Å². The molecular weight excluding hydrogens is 566 g/mol. The van der Waals surface area contributed by atoms with E-state index in [1.807, 2.05) is 51.1 Å². The minimum Gasteiger partial charge on any atom is -0.355 e. The predicted molar refractivity (Wildman–Crippen MR) is 154 cm³/mol. The Balaban J connectivity index is 1.99. The highest BCUT2D eigenvalue weighted by Crippen LogP contribution is 2.26. The van der Waals surface area contributed by atoms with Gasteiger partial charge in [-0.3, -0.25) is 13.9 Å². The summed E-state index contributed by atoms with van der Waals surface area (Å²) in [5, 5.41) is 2.81. The normalized spacial score (nSPS) is 12.0. The SMILES string of the molecule is CCNC(=O)[C@@H](CC)N(CCc1ccccc1)C(=O)CN(c1ccc(Br)cc1)S(=O)(=O)c1ccc(C)cc1. The molecule has 1 N–H and O–H groups in total. The number of benzene rings is 3. The molecular formula is C29H34BrN3O4S. The van der Waals surface area contributed by atoms with Gasteiger partial charge in [0.15, 0.2) is 0 Å². The zero-order valence-electron chi connectivity index (χ0n) is 21.9. The molecule has 7 nitrogen and oxygen atoms in total. The van der Waals surface area contributed by atoms with E-state index in [2.05, 4.69) is 21.2 Å². The monoisotopic (exact) mass is 599 g/mol. The molecule has 0 saturated carbocycles. The van der Waals surface area contributed by atoms with Crippen molar-refractivity contribution in [3.8, 4) is 0 Å². The number of sulfonamides is 1. The number of nitrogens with zero attached hydrogens (tertiary/aromatic N) is 2. The van der Waals surface area contributed by atoms with Crippen molar-refractivity contribution < 1.29 is 18.0 Å². The van der Waals surface area contributed by atoms with Crippen LogP contribution in [0.15, 0.2) is 88.2 Å². The summed E-state index contributed by atoms with van der Waals surface area (Å²) >= 11 is 3.39. The van der Waals surface area contributed by atoms with E-state index in [1.165, 1.54) is 17.0 Å². The molecule has 202 valence electrons. The second kappa shape index (κ2) is 13.6. The Hall–Kier alpha value is -3.17. The van der Waals surface area contributed by atoms with Crippen LogP contribution in [-0.2, 0) is 26.0 Å². The van der Waals surface area contributed by atoms with Crippen molar-refractivity contribution in [3.05, 3.63) is 94.5 Å². The summed E-state index contributed by atoms with van der Waals surface area (Å²) in [6, 6.07) is 22.3. The van der Waals surface area contributed by atoms with E-state index in [1.54, 1.807) is 36.4 Å². The maximum absolute atomic E-state index is 13.9. The smallest absolute Gasteiger partial charge is 0.264 e. The fourth-order valence-corrected chi connectivity index (χ4v) is 5.84. The van der Waals surface area contributed by atoms with E-state index in [9.17, 15) is 18.0 Å². The molecule has 3 aromatic rings. The van der Waals surface area contributed by atoms with Crippen molar-refractivity contribution >= 4 is 43.5 Å². The van der Waals surface area contributed by atoms with E-state index in [-0.39, 0.29) is 17.3 Å². The van der Waals surface area contributed by atoms with Crippen molar-refractivity contribution in [1.29, 1.82) is 0 Å². The summed E-state index contributed by atoms with van der Waals surface area (Å²) in [5.41, 5.74) is 2.30. The van der Waals surface area contributed by atoms with E-state index in [0.29, 0.717) is 25.1 Å². The third kappa shape index (κ3) is 7.45. The van der Waals surface area contributed by atoms with Gasteiger partial charge >= 0.3 is 0 Å². The van der Waals surface area contributed by atoms with Crippen LogP contribution >= 0.6 is 15.9 Å². The molecule has 0 unspecified atom stereocenters. The molecule has 0 bridgehead atoms. The standard InChI is InChI=1S/C29H34BrN3O4S/c1-4-27(29(35)31-5-2)32(20-19-23-9-7-6-8-10-23)28(34)21-33(25-15-13-24(30)14-16-25)38(36,37)26-17-11-22(3)12-18-26/h6-18,27H,4-5,19-21H2,1-3H3,(H,31,35)/t27-/m1/s1. The molecule has 0 spiro atoms. The molecule has 3 rings (SSSR count). The number of hydrogen-bond acceptors (Lipinski definition) is 4. The number of likely N-dealkylation sites (N-methyl/N-ethyl adjacent to an activating group) is 1. The van der Waals surface area contributed by atoms with E-state index in [0.717, 1.165) is 19.9 Å². The number of rotatable bonds is 12. The molecule has 0 saturated heterocycles. The van der Waals surface area contributed by atoms with Crippen LogP contribution in [-0.4, -0.2) is 50.8 Å². The maximum atomic E-state index is 13.9. The minimum atomic E-state index is -4.07. The van der Waals surface area contributed by atoms with Crippen LogP contribution in [0.4, 0.5) is 5.69 Å². The first-order valence-corrected chi connectivity index (χ1v) is 14.9. The first kappa shape index (κ1) is 29.4. The molecule has 38 heavy (non-hydrogen) atoms. The van der Waals surface area contributed by atoms with Gasteiger partial charge in [0, 0.05) is 17.6 Å². The topological polar surface area (TPSA) is 86.8 Å². The number of hydrogen-bond donors (Lipinski definition) is 1. The second-order valence-corrected chi connectivity index (χ2v) is 11.7. The number of anilines is 1. The second-order valence-electron chi connectivity index (χ2n) is 8.94. The summed E-state index contributed by atoms with van der Waals surface area (Å²) in [6.45, 7) is 5.81. The van der Waals surface area contributed by atoms with Gasteiger partial charge in [-0.25, -0.2) is 8.42 Å². The highest BCUT2D eigenvalue weighted by atomic mass is 79.9. The highest BCUT2D eigenvalue weighted by molar-refractivity contribution is 9.10. The Morgan fingerprint density at radius 1 is 0.921 bits per heavy atom. The number of nitrogens with one attached hydrogen (secondary N) is 1. The van der Waals surface area contributed by atoms with Crippen LogP contribution < -0.4 is 9.62 Å². The average molecular weight is 601 g/mol. The van der Waals surface area contributed by atoms with E-state index >= 15 is 0 Å². The number of aryl methyl sites for hydroxylation is 1. The molecule has 2 amide bonds.